The fourth-order valence-corrected chi connectivity index (χ4v) is 3.80. The van der Waals surface area contributed by atoms with Crippen LogP contribution in [0.1, 0.15) is 44.7 Å². The number of likely N-dealkylation sites (tertiary alicyclic amines) is 1. The summed E-state index contributed by atoms with van der Waals surface area (Å²) in [7, 11) is 0. The first-order valence-corrected chi connectivity index (χ1v) is 12.0. The predicted octanol–water partition coefficient (Wildman–Crippen LogP) is 4.04. The number of nitrogens with zero attached hydrogens (tertiary/aromatic N) is 1. The zero-order chi connectivity index (χ0) is 25.3. The van der Waals surface area contributed by atoms with E-state index < -0.39 is 17.7 Å². The van der Waals surface area contributed by atoms with Crippen LogP contribution in [0.4, 0.5) is 9.59 Å². The highest BCUT2D eigenvalue weighted by atomic mass is 16.6. The molecule has 1 saturated heterocycles. The molecule has 0 aliphatic carbocycles. The number of hydrogen-bond donors (Lipinski definition) is 2. The number of hydrogen-bond acceptors (Lipinski definition) is 5. The van der Waals surface area contributed by atoms with Crippen molar-refractivity contribution in [3.8, 4) is 0 Å². The molecule has 8 nitrogen and oxygen atoms in total. The summed E-state index contributed by atoms with van der Waals surface area (Å²) in [5.74, 6) is -0.277. The third-order valence-electron chi connectivity index (χ3n) is 5.60. The second-order valence-electron chi connectivity index (χ2n) is 9.70. The van der Waals surface area contributed by atoms with E-state index in [0.717, 1.165) is 11.1 Å². The summed E-state index contributed by atoms with van der Waals surface area (Å²) in [6, 6.07) is 18.0. The first kappa shape index (κ1) is 26.1. The second-order valence-corrected chi connectivity index (χ2v) is 9.70. The summed E-state index contributed by atoms with van der Waals surface area (Å²) in [4.78, 5) is 39.6. The molecule has 0 unspecified atom stereocenters. The van der Waals surface area contributed by atoms with E-state index in [2.05, 4.69) is 10.6 Å². The lowest BCUT2D eigenvalue weighted by molar-refractivity contribution is -0.124. The van der Waals surface area contributed by atoms with Crippen LogP contribution in [0.15, 0.2) is 60.7 Å². The molecule has 188 valence electrons. The standard InChI is InChI=1S/C27H35N3O5/c1-27(2,3)35-26(33)30-16-14-22(15-17-30)28-24(31)23(18-20-10-6-4-7-11-20)29-25(32)34-19-21-12-8-5-9-13-21/h4-13,22-23H,14-19H2,1-3H3,(H,28,31)(H,29,32)/t23-/m1/s1. The number of alkyl carbamates (subject to hydrolysis) is 1. The Labute approximate surface area is 207 Å². The third kappa shape index (κ3) is 8.96. The lowest BCUT2D eigenvalue weighted by Crippen LogP contribution is -2.53. The van der Waals surface area contributed by atoms with E-state index in [4.69, 9.17) is 9.47 Å². The van der Waals surface area contributed by atoms with E-state index >= 15 is 0 Å². The summed E-state index contributed by atoms with van der Waals surface area (Å²) >= 11 is 0. The maximum absolute atomic E-state index is 13.1. The molecule has 35 heavy (non-hydrogen) atoms. The second kappa shape index (κ2) is 12.2. The smallest absolute Gasteiger partial charge is 0.410 e. The van der Waals surface area contributed by atoms with Crippen molar-refractivity contribution in [3.05, 3.63) is 71.8 Å². The minimum atomic E-state index is -0.787. The maximum Gasteiger partial charge on any atom is 0.410 e. The van der Waals surface area contributed by atoms with Crippen LogP contribution in [0.2, 0.25) is 0 Å². The Morgan fingerprint density at radius 1 is 0.943 bits per heavy atom. The molecule has 2 aromatic rings. The van der Waals surface area contributed by atoms with Gasteiger partial charge in [-0.3, -0.25) is 4.79 Å². The maximum atomic E-state index is 13.1. The predicted molar refractivity (Wildman–Crippen MR) is 133 cm³/mol. The third-order valence-corrected chi connectivity index (χ3v) is 5.60. The SMILES string of the molecule is CC(C)(C)OC(=O)N1CCC(NC(=O)[C@@H](Cc2ccccc2)NC(=O)OCc2ccccc2)CC1. The number of carbonyl (C=O) groups is 3. The van der Waals surface area contributed by atoms with Gasteiger partial charge in [0.15, 0.2) is 0 Å². The van der Waals surface area contributed by atoms with E-state index in [-0.39, 0.29) is 24.6 Å². The number of carbonyl (C=O) groups excluding carboxylic acids is 3. The number of piperidine rings is 1. The highest BCUT2D eigenvalue weighted by Gasteiger charge is 2.29. The average Bonchev–Trinajstić information content (AvgIpc) is 2.83. The molecule has 1 heterocycles. The van der Waals surface area contributed by atoms with Crippen LogP contribution in [-0.2, 0) is 27.3 Å². The summed E-state index contributed by atoms with van der Waals surface area (Å²) in [6.07, 6.45) is 0.573. The summed E-state index contributed by atoms with van der Waals surface area (Å²) in [5, 5.41) is 5.76. The monoisotopic (exact) mass is 481 g/mol. The van der Waals surface area contributed by atoms with Crippen molar-refractivity contribution in [2.24, 2.45) is 0 Å². The van der Waals surface area contributed by atoms with Gasteiger partial charge in [-0.05, 0) is 44.7 Å². The molecule has 0 spiro atoms. The van der Waals surface area contributed by atoms with Crippen molar-refractivity contribution in [1.82, 2.24) is 15.5 Å². The van der Waals surface area contributed by atoms with Crippen molar-refractivity contribution in [2.45, 2.75) is 64.3 Å². The normalized spacial score (nSPS) is 15.1. The fourth-order valence-electron chi connectivity index (χ4n) is 3.80. The van der Waals surface area contributed by atoms with Gasteiger partial charge in [0.05, 0.1) is 0 Å². The van der Waals surface area contributed by atoms with Gasteiger partial charge in [0, 0.05) is 25.6 Å². The molecule has 3 rings (SSSR count). The Balaban J connectivity index is 1.55. The van der Waals surface area contributed by atoms with Crippen molar-refractivity contribution < 1.29 is 23.9 Å². The fraction of sp³-hybridized carbons (Fsp3) is 0.444. The van der Waals surface area contributed by atoms with Gasteiger partial charge in [0.25, 0.3) is 0 Å². The number of ether oxygens (including phenoxy) is 2. The Morgan fingerprint density at radius 3 is 2.09 bits per heavy atom. The Kier molecular flexibility index (Phi) is 9.11. The molecular formula is C27H35N3O5. The molecule has 0 bridgehead atoms. The van der Waals surface area contributed by atoms with Crippen molar-refractivity contribution in [2.75, 3.05) is 13.1 Å². The van der Waals surface area contributed by atoms with Crippen LogP contribution in [0, 0.1) is 0 Å². The van der Waals surface area contributed by atoms with Gasteiger partial charge in [-0.1, -0.05) is 60.7 Å². The number of nitrogens with one attached hydrogen (secondary N) is 2. The van der Waals surface area contributed by atoms with Gasteiger partial charge in [0.1, 0.15) is 18.2 Å². The topological polar surface area (TPSA) is 97.0 Å². The van der Waals surface area contributed by atoms with Gasteiger partial charge in [-0.2, -0.15) is 0 Å². The number of rotatable bonds is 7. The van der Waals surface area contributed by atoms with Crippen LogP contribution in [0.25, 0.3) is 0 Å². The minimum Gasteiger partial charge on any atom is -0.445 e. The first-order valence-electron chi connectivity index (χ1n) is 12.0. The van der Waals surface area contributed by atoms with Crippen LogP contribution in [0.5, 0.6) is 0 Å². The molecule has 0 aromatic heterocycles. The van der Waals surface area contributed by atoms with Crippen LogP contribution in [-0.4, -0.2) is 53.8 Å². The largest absolute Gasteiger partial charge is 0.445 e. The summed E-state index contributed by atoms with van der Waals surface area (Å²) < 4.78 is 10.8. The van der Waals surface area contributed by atoms with Crippen LogP contribution >= 0.6 is 0 Å². The van der Waals surface area contributed by atoms with E-state index in [1.54, 1.807) is 4.90 Å². The molecule has 3 amide bonds. The highest BCUT2D eigenvalue weighted by Crippen LogP contribution is 2.16. The lowest BCUT2D eigenvalue weighted by atomic mass is 10.0. The minimum absolute atomic E-state index is 0.0957. The van der Waals surface area contributed by atoms with Gasteiger partial charge >= 0.3 is 12.2 Å². The molecule has 0 saturated carbocycles. The number of amides is 3. The quantitative estimate of drug-likeness (QED) is 0.622. The molecule has 1 aliphatic heterocycles. The van der Waals surface area contributed by atoms with Gasteiger partial charge in [0.2, 0.25) is 5.91 Å². The molecule has 2 aromatic carbocycles. The van der Waals surface area contributed by atoms with Crippen molar-refractivity contribution in [3.63, 3.8) is 0 Å². The average molecular weight is 482 g/mol. The van der Waals surface area contributed by atoms with Gasteiger partial charge < -0.3 is 25.0 Å². The molecule has 8 heteroatoms. The first-order chi connectivity index (χ1) is 16.7. The van der Waals surface area contributed by atoms with E-state index in [0.29, 0.717) is 32.4 Å². The molecular weight excluding hydrogens is 446 g/mol. The van der Waals surface area contributed by atoms with Crippen LogP contribution in [0.3, 0.4) is 0 Å². The zero-order valence-corrected chi connectivity index (χ0v) is 20.7. The molecule has 2 N–H and O–H groups in total. The highest BCUT2D eigenvalue weighted by molar-refractivity contribution is 5.86. The van der Waals surface area contributed by atoms with Crippen molar-refractivity contribution in [1.29, 1.82) is 0 Å². The van der Waals surface area contributed by atoms with Crippen LogP contribution < -0.4 is 10.6 Å². The molecule has 0 radical (unpaired) electrons. The van der Waals surface area contributed by atoms with Crippen molar-refractivity contribution >= 4 is 18.1 Å². The number of benzene rings is 2. The van der Waals surface area contributed by atoms with E-state index in [1.165, 1.54) is 0 Å². The Bertz CT molecular complexity index is 967. The Hall–Kier alpha value is -3.55. The van der Waals surface area contributed by atoms with E-state index in [1.807, 2.05) is 81.4 Å². The lowest BCUT2D eigenvalue weighted by Gasteiger charge is -2.34. The molecule has 1 aliphatic rings. The Morgan fingerprint density at radius 2 is 1.51 bits per heavy atom. The molecule has 1 fully saturated rings. The van der Waals surface area contributed by atoms with E-state index in [9.17, 15) is 14.4 Å². The van der Waals surface area contributed by atoms with Gasteiger partial charge in [-0.15, -0.1) is 0 Å². The zero-order valence-electron chi connectivity index (χ0n) is 20.7. The summed E-state index contributed by atoms with van der Waals surface area (Å²) in [5.41, 5.74) is 1.24. The molecule has 1 atom stereocenters. The summed E-state index contributed by atoms with van der Waals surface area (Å²) in [6.45, 7) is 6.62. The van der Waals surface area contributed by atoms with Gasteiger partial charge in [-0.25, -0.2) is 9.59 Å².